The van der Waals surface area contributed by atoms with Crippen LogP contribution in [0.2, 0.25) is 6.04 Å². The van der Waals surface area contributed by atoms with E-state index in [0.717, 1.165) is 12.5 Å². The van der Waals surface area contributed by atoms with Gasteiger partial charge in [-0.25, -0.2) is 0 Å². The van der Waals surface area contributed by atoms with Crippen LogP contribution in [0.5, 0.6) is 0 Å². The number of hydrogen-bond acceptors (Lipinski definition) is 1. The minimum absolute atomic E-state index is 0.688. The first-order valence-corrected chi connectivity index (χ1v) is 7.28. The molecule has 0 fully saturated rings. The van der Waals surface area contributed by atoms with Crippen molar-refractivity contribution < 1.29 is 4.43 Å². The number of rotatable bonds is 4. The average molecular weight is 187 g/mol. The van der Waals surface area contributed by atoms with Gasteiger partial charge in [0, 0.05) is 6.61 Å². The van der Waals surface area contributed by atoms with Gasteiger partial charge in [0.1, 0.15) is 0 Å². The molecular formula is C5H12Cl2OSi. The first-order valence-electron chi connectivity index (χ1n) is 3.14. The van der Waals surface area contributed by atoms with E-state index < -0.39 is 6.94 Å². The highest BCUT2D eigenvalue weighted by atomic mass is 35.7. The second-order valence-corrected chi connectivity index (χ2v) is 8.35. The summed E-state index contributed by atoms with van der Waals surface area (Å²) in [5, 5.41) is 0. The van der Waals surface area contributed by atoms with Crippen molar-refractivity contribution in [1.82, 2.24) is 0 Å². The van der Waals surface area contributed by atoms with Crippen molar-refractivity contribution in [3.8, 4) is 0 Å². The van der Waals surface area contributed by atoms with Crippen LogP contribution in [-0.4, -0.2) is 13.5 Å². The molecule has 0 rings (SSSR count). The second-order valence-electron chi connectivity index (χ2n) is 1.84. The molecule has 0 saturated heterocycles. The average Bonchev–Trinajstić information content (AvgIpc) is 1.84. The third-order valence-corrected chi connectivity index (χ3v) is 4.64. The molecular weight excluding hydrogens is 175 g/mol. The van der Waals surface area contributed by atoms with E-state index in [1.165, 1.54) is 0 Å². The van der Waals surface area contributed by atoms with Crippen molar-refractivity contribution in [2.45, 2.75) is 26.3 Å². The molecule has 0 aliphatic heterocycles. The smallest absolute Gasteiger partial charge is 0.389 e. The minimum Gasteiger partial charge on any atom is -0.392 e. The van der Waals surface area contributed by atoms with Gasteiger partial charge in [0.05, 0.1) is 0 Å². The summed E-state index contributed by atoms with van der Waals surface area (Å²) >= 11 is 11.6. The molecule has 0 N–H and O–H groups in total. The predicted octanol–water partition coefficient (Wildman–Crippen LogP) is 2.85. The van der Waals surface area contributed by atoms with Crippen LogP contribution in [0, 0.1) is 0 Å². The number of halogens is 2. The standard InChI is InChI=1S/C5H12Cl2OSi/c1-3-5-8-9(6,7)4-2/h3-5H2,1-2H3. The van der Waals surface area contributed by atoms with Crippen LogP contribution in [0.4, 0.5) is 0 Å². The lowest BCUT2D eigenvalue weighted by Gasteiger charge is -2.13. The summed E-state index contributed by atoms with van der Waals surface area (Å²) < 4.78 is 5.20. The summed E-state index contributed by atoms with van der Waals surface area (Å²) in [6.45, 7) is 2.42. The second kappa shape index (κ2) is 4.55. The molecule has 0 amide bonds. The first kappa shape index (κ1) is 9.76. The molecule has 9 heavy (non-hydrogen) atoms. The summed E-state index contributed by atoms with van der Waals surface area (Å²) in [6.07, 6.45) is 0.980. The first-order chi connectivity index (χ1) is 4.12. The van der Waals surface area contributed by atoms with Gasteiger partial charge < -0.3 is 4.43 Å². The molecule has 56 valence electrons. The third-order valence-electron chi connectivity index (χ3n) is 0.929. The van der Waals surface area contributed by atoms with Gasteiger partial charge in [-0.05, 0) is 12.5 Å². The Morgan fingerprint density at radius 2 is 1.89 bits per heavy atom. The molecule has 0 bridgehead atoms. The summed E-state index contributed by atoms with van der Waals surface area (Å²) in [4.78, 5) is 0. The quantitative estimate of drug-likeness (QED) is 0.485. The van der Waals surface area contributed by atoms with E-state index in [4.69, 9.17) is 26.6 Å². The maximum atomic E-state index is 5.78. The zero-order valence-electron chi connectivity index (χ0n) is 5.79. The summed E-state index contributed by atoms with van der Waals surface area (Å²) in [7, 11) is 0. The Kier molecular flexibility index (Phi) is 4.94. The number of hydrogen-bond donors (Lipinski definition) is 0. The SMILES string of the molecule is CCCO[Si](Cl)(Cl)CC. The van der Waals surface area contributed by atoms with Crippen LogP contribution in [0.1, 0.15) is 20.3 Å². The highest BCUT2D eigenvalue weighted by Crippen LogP contribution is 2.20. The Morgan fingerprint density at radius 1 is 1.33 bits per heavy atom. The van der Waals surface area contributed by atoms with Crippen LogP contribution in [0.25, 0.3) is 0 Å². The Balaban J connectivity index is 3.33. The molecule has 0 unspecified atom stereocenters. The zero-order chi connectivity index (χ0) is 7.33. The van der Waals surface area contributed by atoms with Crippen molar-refractivity contribution in [3.05, 3.63) is 0 Å². The van der Waals surface area contributed by atoms with Gasteiger partial charge in [-0.3, -0.25) is 0 Å². The van der Waals surface area contributed by atoms with Crippen molar-refractivity contribution in [3.63, 3.8) is 0 Å². The van der Waals surface area contributed by atoms with Crippen molar-refractivity contribution in [2.75, 3.05) is 6.61 Å². The molecule has 0 atom stereocenters. The highest BCUT2D eigenvalue weighted by Gasteiger charge is 2.26. The Morgan fingerprint density at radius 3 is 2.22 bits per heavy atom. The monoisotopic (exact) mass is 186 g/mol. The lowest BCUT2D eigenvalue weighted by Crippen LogP contribution is -2.23. The Hall–Kier alpha value is 0.757. The fraction of sp³-hybridized carbons (Fsp3) is 1.00. The predicted molar refractivity (Wildman–Crippen MR) is 44.2 cm³/mol. The van der Waals surface area contributed by atoms with E-state index in [1.54, 1.807) is 0 Å². The summed E-state index contributed by atoms with van der Waals surface area (Å²) in [6, 6.07) is 0.760. The van der Waals surface area contributed by atoms with E-state index >= 15 is 0 Å². The van der Waals surface area contributed by atoms with Gasteiger partial charge in [0.25, 0.3) is 0 Å². The van der Waals surface area contributed by atoms with Crippen LogP contribution >= 0.6 is 22.2 Å². The van der Waals surface area contributed by atoms with Gasteiger partial charge in [-0.2, -0.15) is 0 Å². The van der Waals surface area contributed by atoms with E-state index in [0.29, 0.717) is 6.61 Å². The van der Waals surface area contributed by atoms with E-state index in [9.17, 15) is 0 Å². The molecule has 0 aromatic rings. The fourth-order valence-electron chi connectivity index (χ4n) is 0.353. The molecule has 0 spiro atoms. The van der Waals surface area contributed by atoms with Crippen molar-refractivity contribution in [2.24, 2.45) is 0 Å². The van der Waals surface area contributed by atoms with Gasteiger partial charge in [-0.1, -0.05) is 13.8 Å². The maximum Gasteiger partial charge on any atom is 0.389 e. The molecule has 1 nitrogen and oxygen atoms in total. The molecule has 0 aliphatic rings. The van der Waals surface area contributed by atoms with Gasteiger partial charge in [0.2, 0.25) is 0 Å². The van der Waals surface area contributed by atoms with Gasteiger partial charge in [0.15, 0.2) is 0 Å². The molecule has 0 aromatic heterocycles. The van der Waals surface area contributed by atoms with E-state index in [-0.39, 0.29) is 0 Å². The molecule has 0 aromatic carbocycles. The van der Waals surface area contributed by atoms with Crippen molar-refractivity contribution >= 4 is 29.1 Å². The Labute approximate surface area is 66.8 Å². The maximum absolute atomic E-state index is 5.78. The van der Waals surface area contributed by atoms with Crippen LogP contribution in [-0.2, 0) is 4.43 Å². The highest BCUT2D eigenvalue weighted by molar-refractivity contribution is 7.42. The van der Waals surface area contributed by atoms with Gasteiger partial charge >= 0.3 is 6.94 Å². The normalized spacial score (nSPS) is 12.0. The minimum atomic E-state index is -2.25. The van der Waals surface area contributed by atoms with E-state index in [1.807, 2.05) is 13.8 Å². The summed E-state index contributed by atoms with van der Waals surface area (Å²) in [5.41, 5.74) is 0. The van der Waals surface area contributed by atoms with Gasteiger partial charge in [-0.15, -0.1) is 22.2 Å². The molecule has 0 saturated carbocycles. The lowest BCUT2D eigenvalue weighted by atomic mass is 10.5. The van der Waals surface area contributed by atoms with Crippen LogP contribution in [0.3, 0.4) is 0 Å². The molecule has 0 aliphatic carbocycles. The molecule has 0 heterocycles. The van der Waals surface area contributed by atoms with E-state index in [2.05, 4.69) is 0 Å². The lowest BCUT2D eigenvalue weighted by molar-refractivity contribution is 0.324. The van der Waals surface area contributed by atoms with Crippen LogP contribution in [0.15, 0.2) is 0 Å². The molecule has 0 radical (unpaired) electrons. The Bertz CT molecular complexity index is 77.4. The van der Waals surface area contributed by atoms with Crippen LogP contribution < -0.4 is 0 Å². The third kappa shape index (κ3) is 5.21. The molecule has 4 heteroatoms. The zero-order valence-corrected chi connectivity index (χ0v) is 8.30. The largest absolute Gasteiger partial charge is 0.392 e. The topological polar surface area (TPSA) is 9.23 Å². The summed E-state index contributed by atoms with van der Waals surface area (Å²) in [5.74, 6) is 0. The van der Waals surface area contributed by atoms with Crippen molar-refractivity contribution in [1.29, 1.82) is 0 Å². The fourth-order valence-corrected chi connectivity index (χ4v) is 1.52.